The van der Waals surface area contributed by atoms with Crippen LogP contribution in [0.1, 0.15) is 19.8 Å². The van der Waals surface area contributed by atoms with Gasteiger partial charge >= 0.3 is 0 Å². The number of ether oxygens (including phenoxy) is 2. The maximum atomic E-state index is 5.66. The lowest BCUT2D eigenvalue weighted by Crippen LogP contribution is -3.14. The molecule has 3 nitrogen and oxygen atoms in total. The van der Waals surface area contributed by atoms with Crippen LogP contribution in [0, 0.1) is 5.92 Å². The Morgan fingerprint density at radius 1 is 1.20 bits per heavy atom. The van der Waals surface area contributed by atoms with Crippen molar-refractivity contribution in [1.29, 1.82) is 0 Å². The van der Waals surface area contributed by atoms with Gasteiger partial charge in [-0.3, -0.25) is 0 Å². The van der Waals surface area contributed by atoms with Gasteiger partial charge < -0.3 is 14.4 Å². The highest BCUT2D eigenvalue weighted by Crippen LogP contribution is 2.15. The van der Waals surface area contributed by atoms with Gasteiger partial charge in [-0.15, -0.1) is 0 Å². The van der Waals surface area contributed by atoms with E-state index in [0.717, 1.165) is 29.3 Å². The van der Waals surface area contributed by atoms with Gasteiger partial charge in [-0.1, -0.05) is 22.9 Å². The summed E-state index contributed by atoms with van der Waals surface area (Å²) in [5.41, 5.74) is 0. The van der Waals surface area contributed by atoms with E-state index in [1.807, 2.05) is 24.3 Å². The van der Waals surface area contributed by atoms with Gasteiger partial charge in [0, 0.05) is 10.4 Å². The summed E-state index contributed by atoms with van der Waals surface area (Å²) < 4.78 is 12.3. The first-order valence-electron chi connectivity index (χ1n) is 7.54. The number of hydrogen-bond donors (Lipinski definition) is 1. The maximum Gasteiger partial charge on any atom is 0.119 e. The number of quaternary nitrogens is 1. The molecule has 1 aromatic rings. The maximum absolute atomic E-state index is 5.66. The Labute approximate surface area is 130 Å². The number of likely N-dealkylation sites (tertiary alicyclic amines) is 1. The van der Waals surface area contributed by atoms with E-state index in [-0.39, 0.29) is 0 Å². The molecule has 0 aromatic heterocycles. The average Bonchev–Trinajstić information content (AvgIpc) is 2.45. The number of benzene rings is 1. The molecule has 2 atom stereocenters. The molecule has 0 bridgehead atoms. The zero-order valence-corrected chi connectivity index (χ0v) is 13.8. The Balaban J connectivity index is 1.50. The Kier molecular flexibility index (Phi) is 6.83. The van der Waals surface area contributed by atoms with Crippen molar-refractivity contribution in [1.82, 2.24) is 0 Å². The van der Waals surface area contributed by atoms with E-state index in [9.17, 15) is 0 Å². The SMILES string of the molecule is C[C@H]1CCC[NH+](CCOCCOc2ccc(Br)cc2)C1. The average molecular weight is 343 g/mol. The van der Waals surface area contributed by atoms with Crippen molar-refractivity contribution in [3.05, 3.63) is 28.7 Å². The van der Waals surface area contributed by atoms with Gasteiger partial charge in [0.1, 0.15) is 18.9 Å². The summed E-state index contributed by atoms with van der Waals surface area (Å²) in [6.07, 6.45) is 2.76. The molecular weight excluding hydrogens is 318 g/mol. The van der Waals surface area contributed by atoms with Crippen LogP contribution in [-0.2, 0) is 4.74 Å². The molecular formula is C16H25BrNO2+. The van der Waals surface area contributed by atoms with Gasteiger partial charge in [-0.05, 0) is 37.1 Å². The lowest BCUT2D eigenvalue weighted by atomic mass is 10.0. The molecule has 1 aromatic carbocycles. The molecule has 0 spiro atoms. The molecule has 0 aliphatic carbocycles. The second-order valence-electron chi connectivity index (χ2n) is 5.62. The van der Waals surface area contributed by atoms with Crippen LogP contribution in [0.25, 0.3) is 0 Å². The molecule has 0 radical (unpaired) electrons. The van der Waals surface area contributed by atoms with E-state index in [4.69, 9.17) is 9.47 Å². The van der Waals surface area contributed by atoms with E-state index in [2.05, 4.69) is 22.9 Å². The third kappa shape index (κ3) is 5.81. The number of halogens is 1. The zero-order chi connectivity index (χ0) is 14.2. The summed E-state index contributed by atoms with van der Waals surface area (Å²) in [5, 5.41) is 0. The fourth-order valence-electron chi connectivity index (χ4n) is 2.69. The topological polar surface area (TPSA) is 22.9 Å². The van der Waals surface area contributed by atoms with Gasteiger partial charge in [-0.25, -0.2) is 0 Å². The first-order chi connectivity index (χ1) is 9.74. The van der Waals surface area contributed by atoms with E-state index < -0.39 is 0 Å². The second kappa shape index (κ2) is 8.65. The van der Waals surface area contributed by atoms with Crippen LogP contribution < -0.4 is 9.64 Å². The third-order valence-electron chi connectivity index (χ3n) is 3.77. The van der Waals surface area contributed by atoms with E-state index in [1.165, 1.54) is 25.9 Å². The Hall–Kier alpha value is -0.580. The molecule has 1 aliphatic rings. The monoisotopic (exact) mass is 342 g/mol. The van der Waals surface area contributed by atoms with Crippen LogP contribution in [0.3, 0.4) is 0 Å². The van der Waals surface area contributed by atoms with Crippen LogP contribution in [0.15, 0.2) is 28.7 Å². The highest BCUT2D eigenvalue weighted by molar-refractivity contribution is 9.10. The second-order valence-corrected chi connectivity index (χ2v) is 6.53. The van der Waals surface area contributed by atoms with Crippen LogP contribution in [-0.4, -0.2) is 39.5 Å². The van der Waals surface area contributed by atoms with E-state index >= 15 is 0 Å². The number of rotatable bonds is 7. The molecule has 2 rings (SSSR count). The van der Waals surface area contributed by atoms with Crippen LogP contribution >= 0.6 is 15.9 Å². The molecule has 20 heavy (non-hydrogen) atoms. The molecule has 1 aliphatic heterocycles. The van der Waals surface area contributed by atoms with Gasteiger partial charge in [-0.2, -0.15) is 0 Å². The van der Waals surface area contributed by atoms with Crippen molar-refractivity contribution in [2.24, 2.45) is 5.92 Å². The van der Waals surface area contributed by atoms with Crippen molar-refractivity contribution >= 4 is 15.9 Å². The zero-order valence-electron chi connectivity index (χ0n) is 12.2. The first kappa shape index (κ1) is 15.8. The van der Waals surface area contributed by atoms with Gasteiger partial charge in [0.25, 0.3) is 0 Å². The Bertz CT molecular complexity index is 383. The molecule has 4 heteroatoms. The number of nitrogens with one attached hydrogen (secondary N) is 1. The quantitative estimate of drug-likeness (QED) is 0.767. The van der Waals surface area contributed by atoms with Gasteiger partial charge in [0.15, 0.2) is 0 Å². The van der Waals surface area contributed by atoms with Crippen molar-refractivity contribution in [3.8, 4) is 5.75 Å². The smallest absolute Gasteiger partial charge is 0.119 e. The van der Waals surface area contributed by atoms with Gasteiger partial charge in [0.2, 0.25) is 0 Å². The van der Waals surface area contributed by atoms with E-state index in [1.54, 1.807) is 4.90 Å². The molecule has 1 unspecified atom stereocenters. The Morgan fingerprint density at radius 3 is 2.75 bits per heavy atom. The minimum absolute atomic E-state index is 0.618. The highest BCUT2D eigenvalue weighted by atomic mass is 79.9. The van der Waals surface area contributed by atoms with Crippen LogP contribution in [0.2, 0.25) is 0 Å². The summed E-state index contributed by atoms with van der Waals surface area (Å²) in [6, 6.07) is 7.89. The predicted octanol–water partition coefficient (Wildman–Crippen LogP) is 2.16. The molecule has 1 heterocycles. The van der Waals surface area contributed by atoms with Crippen molar-refractivity contribution in [2.75, 3.05) is 39.5 Å². The number of hydrogen-bond acceptors (Lipinski definition) is 2. The predicted molar refractivity (Wildman–Crippen MR) is 84.4 cm³/mol. The molecule has 1 N–H and O–H groups in total. The molecule has 1 fully saturated rings. The summed E-state index contributed by atoms with van der Waals surface area (Å²) >= 11 is 3.41. The van der Waals surface area contributed by atoms with Gasteiger partial charge in [0.05, 0.1) is 26.3 Å². The lowest BCUT2D eigenvalue weighted by Gasteiger charge is -2.27. The fourth-order valence-corrected chi connectivity index (χ4v) is 2.96. The summed E-state index contributed by atoms with van der Waals surface area (Å²) in [5.74, 6) is 1.77. The van der Waals surface area contributed by atoms with Crippen molar-refractivity contribution in [3.63, 3.8) is 0 Å². The summed E-state index contributed by atoms with van der Waals surface area (Å²) in [6.45, 7) is 8.22. The summed E-state index contributed by atoms with van der Waals surface area (Å²) in [4.78, 5) is 1.69. The minimum Gasteiger partial charge on any atom is -0.491 e. The number of piperidine rings is 1. The largest absolute Gasteiger partial charge is 0.491 e. The standard InChI is InChI=1S/C16H24BrNO2/c1-14-3-2-8-18(13-14)9-10-19-11-12-20-16-6-4-15(17)5-7-16/h4-7,14H,2-3,8-13H2,1H3/p+1/t14-/m0/s1. The summed E-state index contributed by atoms with van der Waals surface area (Å²) in [7, 11) is 0. The molecule has 112 valence electrons. The van der Waals surface area contributed by atoms with Crippen molar-refractivity contribution < 1.29 is 14.4 Å². The third-order valence-corrected chi connectivity index (χ3v) is 4.30. The fraction of sp³-hybridized carbons (Fsp3) is 0.625. The first-order valence-corrected chi connectivity index (χ1v) is 8.33. The van der Waals surface area contributed by atoms with Crippen molar-refractivity contribution in [2.45, 2.75) is 19.8 Å². The molecule has 1 saturated heterocycles. The highest BCUT2D eigenvalue weighted by Gasteiger charge is 2.18. The Morgan fingerprint density at radius 2 is 2.00 bits per heavy atom. The molecule has 0 saturated carbocycles. The van der Waals surface area contributed by atoms with Crippen LogP contribution in [0.4, 0.5) is 0 Å². The molecule has 0 amide bonds. The van der Waals surface area contributed by atoms with Crippen LogP contribution in [0.5, 0.6) is 5.75 Å². The normalized spacial score (nSPS) is 22.7. The minimum atomic E-state index is 0.618. The van der Waals surface area contributed by atoms with E-state index in [0.29, 0.717) is 13.2 Å². The lowest BCUT2D eigenvalue weighted by molar-refractivity contribution is -0.908.